The summed E-state index contributed by atoms with van der Waals surface area (Å²) >= 11 is 0. The summed E-state index contributed by atoms with van der Waals surface area (Å²) in [4.78, 5) is 37.8. The van der Waals surface area contributed by atoms with E-state index in [1.165, 1.54) is 4.90 Å². The largest absolute Gasteiger partial charge is 0.465 e. The van der Waals surface area contributed by atoms with Gasteiger partial charge in [-0.2, -0.15) is 0 Å². The van der Waals surface area contributed by atoms with Gasteiger partial charge in [-0.3, -0.25) is 14.5 Å². The Kier molecular flexibility index (Phi) is 13.7. The van der Waals surface area contributed by atoms with Crippen LogP contribution in [0.1, 0.15) is 43.7 Å². The molecule has 36 heavy (non-hydrogen) atoms. The van der Waals surface area contributed by atoms with Crippen molar-refractivity contribution in [2.45, 2.75) is 52.0 Å². The Labute approximate surface area is 212 Å². The lowest BCUT2D eigenvalue weighted by atomic mass is 10.2. The van der Waals surface area contributed by atoms with Crippen LogP contribution in [0.4, 0.5) is 4.79 Å². The van der Waals surface area contributed by atoms with Crippen LogP contribution in [0.15, 0.2) is 60.7 Å². The summed E-state index contributed by atoms with van der Waals surface area (Å²) < 4.78 is 15.7. The van der Waals surface area contributed by atoms with Crippen LogP contribution < -0.4 is 11.1 Å². The molecule has 0 heterocycles. The van der Waals surface area contributed by atoms with E-state index in [0.717, 1.165) is 11.1 Å². The van der Waals surface area contributed by atoms with Gasteiger partial charge in [-0.25, -0.2) is 4.79 Å². The zero-order valence-corrected chi connectivity index (χ0v) is 20.9. The highest BCUT2D eigenvalue weighted by molar-refractivity contribution is 5.71. The maximum Gasteiger partial charge on any atom is 0.411 e. The van der Waals surface area contributed by atoms with E-state index in [0.29, 0.717) is 39.0 Å². The number of benzene rings is 2. The van der Waals surface area contributed by atoms with Crippen LogP contribution in [0.25, 0.3) is 0 Å². The van der Waals surface area contributed by atoms with Gasteiger partial charge in [0.1, 0.15) is 13.2 Å². The second-order valence-corrected chi connectivity index (χ2v) is 8.17. The minimum absolute atomic E-state index is 0.101. The number of nitrogens with one attached hydrogen (secondary N) is 1. The fraction of sp³-hybridized carbons (Fsp3) is 0.444. The molecule has 1 atom stereocenters. The van der Waals surface area contributed by atoms with Gasteiger partial charge >= 0.3 is 18.0 Å². The van der Waals surface area contributed by atoms with Crippen LogP contribution in [0, 0.1) is 0 Å². The molecule has 0 aliphatic rings. The first-order valence-electron chi connectivity index (χ1n) is 12.3. The highest BCUT2D eigenvalue weighted by Gasteiger charge is 2.22. The summed E-state index contributed by atoms with van der Waals surface area (Å²) in [6.07, 6.45) is 0.500. The van der Waals surface area contributed by atoms with Crippen LogP contribution in [-0.4, -0.2) is 55.3 Å². The lowest BCUT2D eigenvalue weighted by Gasteiger charge is -2.28. The Hall–Kier alpha value is -3.43. The molecule has 9 heteroatoms. The maximum atomic E-state index is 12.8. The molecule has 0 saturated heterocycles. The number of carbonyl (C=O) groups is 3. The molecule has 0 aromatic heterocycles. The minimum Gasteiger partial charge on any atom is -0.465 e. The van der Waals surface area contributed by atoms with Crippen LogP contribution >= 0.6 is 0 Å². The predicted molar refractivity (Wildman–Crippen MR) is 136 cm³/mol. The second kappa shape index (κ2) is 17.1. The molecule has 1 amide bonds. The Morgan fingerprint density at radius 3 is 2.08 bits per heavy atom. The van der Waals surface area contributed by atoms with E-state index in [1.54, 1.807) is 6.92 Å². The van der Waals surface area contributed by atoms with Gasteiger partial charge in [0.2, 0.25) is 0 Å². The van der Waals surface area contributed by atoms with Crippen molar-refractivity contribution >= 4 is 18.0 Å². The molecular formula is C27H37N3O6. The molecule has 196 valence electrons. The summed E-state index contributed by atoms with van der Waals surface area (Å²) in [5.74, 6) is -0.639. The van der Waals surface area contributed by atoms with E-state index in [1.807, 2.05) is 60.7 Å². The van der Waals surface area contributed by atoms with Gasteiger partial charge in [-0.15, -0.1) is 0 Å². The van der Waals surface area contributed by atoms with Gasteiger partial charge in [0.15, 0.2) is 0 Å². The summed E-state index contributed by atoms with van der Waals surface area (Å²) in [7, 11) is 0. The van der Waals surface area contributed by atoms with Crippen LogP contribution in [0.2, 0.25) is 0 Å². The summed E-state index contributed by atoms with van der Waals surface area (Å²) in [5, 5.41) is 2.99. The molecule has 0 aliphatic heterocycles. The highest BCUT2D eigenvalue weighted by Crippen LogP contribution is 2.11. The number of rotatable bonds is 16. The molecule has 2 aromatic rings. The van der Waals surface area contributed by atoms with Crippen molar-refractivity contribution in [2.24, 2.45) is 5.73 Å². The molecule has 0 radical (unpaired) electrons. The quantitative estimate of drug-likeness (QED) is 0.156. The van der Waals surface area contributed by atoms with Crippen molar-refractivity contribution in [3.8, 4) is 0 Å². The fourth-order valence-corrected chi connectivity index (χ4v) is 3.39. The van der Waals surface area contributed by atoms with E-state index < -0.39 is 12.3 Å². The number of hydrogen-bond donors (Lipinski definition) is 2. The Morgan fingerprint density at radius 2 is 1.47 bits per heavy atom. The van der Waals surface area contributed by atoms with Gasteiger partial charge in [0.25, 0.3) is 0 Å². The third kappa shape index (κ3) is 11.8. The Balaban J connectivity index is 1.79. The van der Waals surface area contributed by atoms with Crippen molar-refractivity contribution in [1.29, 1.82) is 0 Å². The minimum atomic E-state index is -0.625. The molecule has 9 nitrogen and oxygen atoms in total. The normalized spacial score (nSPS) is 11.4. The van der Waals surface area contributed by atoms with Crippen molar-refractivity contribution in [2.75, 3.05) is 26.2 Å². The van der Waals surface area contributed by atoms with E-state index in [9.17, 15) is 14.4 Å². The van der Waals surface area contributed by atoms with E-state index in [2.05, 4.69) is 5.32 Å². The third-order valence-electron chi connectivity index (χ3n) is 5.29. The molecule has 1 unspecified atom stereocenters. The average molecular weight is 500 g/mol. The molecule has 0 aliphatic carbocycles. The smallest absolute Gasteiger partial charge is 0.411 e. The van der Waals surface area contributed by atoms with E-state index in [-0.39, 0.29) is 38.1 Å². The maximum absolute atomic E-state index is 12.8. The standard InChI is InChI=1S/C27H37N3O6/c1-2-34-26(32)19-29-17-10-18-30(27(33)36-21-23-13-7-4-8-14-23)24(28)15-9-16-25(31)35-20-22-11-5-3-6-12-22/h3-8,11-14,24,29H,2,9-10,15-21,28H2,1H3. The van der Waals surface area contributed by atoms with Crippen LogP contribution in [0.3, 0.4) is 0 Å². The summed E-state index contributed by atoms with van der Waals surface area (Å²) in [6.45, 7) is 3.38. The lowest BCUT2D eigenvalue weighted by molar-refractivity contribution is -0.145. The molecule has 0 bridgehead atoms. The zero-order valence-electron chi connectivity index (χ0n) is 20.9. The predicted octanol–water partition coefficient (Wildman–Crippen LogP) is 3.37. The van der Waals surface area contributed by atoms with Gasteiger partial charge in [-0.05, 0) is 43.9 Å². The van der Waals surface area contributed by atoms with E-state index in [4.69, 9.17) is 19.9 Å². The number of carbonyl (C=O) groups excluding carboxylic acids is 3. The monoisotopic (exact) mass is 499 g/mol. The number of hydrogen-bond acceptors (Lipinski definition) is 8. The Morgan fingerprint density at radius 1 is 0.861 bits per heavy atom. The number of nitrogens with two attached hydrogens (primary N) is 1. The van der Waals surface area contributed by atoms with Gasteiger partial charge in [0, 0.05) is 13.0 Å². The molecule has 0 spiro atoms. The van der Waals surface area contributed by atoms with Crippen molar-refractivity contribution in [3.63, 3.8) is 0 Å². The molecule has 0 fully saturated rings. The van der Waals surface area contributed by atoms with Crippen LogP contribution in [0.5, 0.6) is 0 Å². The molecule has 2 rings (SSSR count). The molecule has 3 N–H and O–H groups in total. The summed E-state index contributed by atoms with van der Waals surface area (Å²) in [5.41, 5.74) is 8.11. The van der Waals surface area contributed by atoms with Gasteiger partial charge in [-0.1, -0.05) is 60.7 Å². The van der Waals surface area contributed by atoms with Crippen LogP contribution in [-0.2, 0) is 37.0 Å². The first-order chi connectivity index (χ1) is 17.5. The molecule has 0 saturated carbocycles. The fourth-order valence-electron chi connectivity index (χ4n) is 3.39. The van der Waals surface area contributed by atoms with Gasteiger partial charge in [0.05, 0.1) is 19.3 Å². The Bertz CT molecular complexity index is 910. The highest BCUT2D eigenvalue weighted by atomic mass is 16.6. The number of esters is 2. The number of amides is 1. The van der Waals surface area contributed by atoms with E-state index >= 15 is 0 Å². The number of ether oxygens (including phenoxy) is 3. The third-order valence-corrected chi connectivity index (χ3v) is 5.29. The molecule has 2 aromatic carbocycles. The van der Waals surface area contributed by atoms with Crippen molar-refractivity contribution in [1.82, 2.24) is 10.2 Å². The zero-order chi connectivity index (χ0) is 26.0. The topological polar surface area (TPSA) is 120 Å². The van der Waals surface area contributed by atoms with Crippen molar-refractivity contribution in [3.05, 3.63) is 71.8 Å². The molecular weight excluding hydrogens is 462 g/mol. The first kappa shape index (κ1) is 28.8. The number of nitrogens with zero attached hydrogens (tertiary/aromatic N) is 1. The summed E-state index contributed by atoms with van der Waals surface area (Å²) in [6, 6.07) is 18.8. The average Bonchev–Trinajstić information content (AvgIpc) is 2.89. The first-order valence-corrected chi connectivity index (χ1v) is 12.3. The second-order valence-electron chi connectivity index (χ2n) is 8.17. The van der Waals surface area contributed by atoms with Crippen molar-refractivity contribution < 1.29 is 28.6 Å². The van der Waals surface area contributed by atoms with Gasteiger partial charge < -0.3 is 25.3 Å². The lowest BCUT2D eigenvalue weighted by Crippen LogP contribution is -2.47. The SMILES string of the molecule is CCOC(=O)CNCCCN(C(=O)OCc1ccccc1)C(N)CCCC(=O)OCc1ccccc1.